The molecule has 1 aromatic heterocycles. The quantitative estimate of drug-likeness (QED) is 0.0159. The highest BCUT2D eigenvalue weighted by molar-refractivity contribution is 7.90. The first kappa shape index (κ1) is 87.2. The third-order valence-electron chi connectivity index (χ3n) is 13.2. The third kappa shape index (κ3) is 31.1. The van der Waals surface area contributed by atoms with E-state index in [1.165, 1.54) is 63.3 Å². The van der Waals surface area contributed by atoms with Crippen molar-refractivity contribution in [1.82, 2.24) is 29.7 Å². The highest BCUT2D eigenvalue weighted by Crippen LogP contribution is 2.47. The fourth-order valence-electron chi connectivity index (χ4n) is 8.88. The van der Waals surface area contributed by atoms with Crippen LogP contribution in [0.3, 0.4) is 0 Å². The second-order valence-electron chi connectivity index (χ2n) is 23.1. The second-order valence-corrected chi connectivity index (χ2v) is 29.1. The minimum atomic E-state index is -3.96. The zero-order chi connectivity index (χ0) is 74.6. The molecule has 0 unspecified atom stereocenters. The molecule has 0 saturated carbocycles. The number of hydrogen-bond donors (Lipinski definition) is 3. The van der Waals surface area contributed by atoms with E-state index < -0.39 is 53.7 Å². The molecule has 4 N–H and O–H groups in total. The summed E-state index contributed by atoms with van der Waals surface area (Å²) in [6.07, 6.45) is 13.0. The lowest BCUT2D eigenvalue weighted by Gasteiger charge is -2.26. The summed E-state index contributed by atoms with van der Waals surface area (Å²) in [5, 5.41) is 17.9. The van der Waals surface area contributed by atoms with Gasteiger partial charge < -0.3 is 59.0 Å². The van der Waals surface area contributed by atoms with Gasteiger partial charge in [-0.2, -0.15) is 4.79 Å². The van der Waals surface area contributed by atoms with E-state index in [1.54, 1.807) is 27.8 Å². The summed E-state index contributed by atoms with van der Waals surface area (Å²) < 4.78 is 91.5. The number of aldehydes is 1. The lowest BCUT2D eigenvalue weighted by Crippen LogP contribution is -2.40. The van der Waals surface area contributed by atoms with Gasteiger partial charge in [0.05, 0.1) is 34.9 Å². The maximum absolute atomic E-state index is 13.8. The van der Waals surface area contributed by atoms with Crippen molar-refractivity contribution in [3.8, 4) is 18.0 Å². The molecule has 4 aromatic rings. The summed E-state index contributed by atoms with van der Waals surface area (Å²) in [5.41, 5.74) is 23.7. The summed E-state index contributed by atoms with van der Waals surface area (Å²) in [7, 11) is -6.04. The number of sulfonamides is 1. The van der Waals surface area contributed by atoms with E-state index >= 15 is 0 Å². The Morgan fingerprint density at radius 3 is 1.79 bits per heavy atom. The Bertz CT molecular complexity index is 3630. The summed E-state index contributed by atoms with van der Waals surface area (Å²) in [6.45, 7) is 16.5. The molecule has 7 rings (SSSR count). The number of amides is 4. The van der Waals surface area contributed by atoms with Crippen LogP contribution < -0.4 is 11.1 Å². The molecule has 98 heavy (non-hydrogen) atoms. The van der Waals surface area contributed by atoms with Gasteiger partial charge in [-0.1, -0.05) is 47.5 Å². The van der Waals surface area contributed by atoms with Crippen molar-refractivity contribution in [2.24, 2.45) is 10.3 Å². The Kier molecular flexibility index (Phi) is 38.0. The molecule has 3 saturated heterocycles. The largest absolute Gasteiger partial charge is 0.483 e. The van der Waals surface area contributed by atoms with Crippen LogP contribution in [0.5, 0.6) is 0 Å². The molecule has 3 aromatic carbocycles. The number of likely N-dealkylation sites (tertiary alicyclic amines) is 3. The maximum Gasteiger partial charge on any atom is 0.446 e. The molecule has 0 bridgehead atoms. The van der Waals surface area contributed by atoms with Crippen LogP contribution in [0, 0.1) is 18.2 Å². The van der Waals surface area contributed by atoms with E-state index in [4.69, 9.17) is 42.6 Å². The molecular formula is C62H88FN13O19P2S. The van der Waals surface area contributed by atoms with Crippen LogP contribution in [0.1, 0.15) is 125 Å². The van der Waals surface area contributed by atoms with Gasteiger partial charge in [-0.05, 0) is 147 Å². The lowest BCUT2D eigenvalue weighted by atomic mass is 10.0. The topological polar surface area (TPSA) is 444 Å². The number of Topliss-reactive ketones (excluding diaryl/α,β-unsaturated/α-hetero) is 2. The number of carbonyl (C=O) groups is 8. The predicted molar refractivity (Wildman–Crippen MR) is 358 cm³/mol. The summed E-state index contributed by atoms with van der Waals surface area (Å²) in [4.78, 5) is 96.6. The number of hydrogen-bond acceptors (Lipinski definition) is 21. The number of benzene rings is 3. The van der Waals surface area contributed by atoms with Gasteiger partial charge in [-0.25, -0.2) is 31.6 Å². The van der Waals surface area contributed by atoms with Crippen LogP contribution >= 0.6 is 15.2 Å². The van der Waals surface area contributed by atoms with Crippen molar-refractivity contribution in [2.45, 2.75) is 154 Å². The van der Waals surface area contributed by atoms with Crippen molar-refractivity contribution in [2.75, 3.05) is 59.6 Å². The number of azide groups is 1. The smallest absolute Gasteiger partial charge is 0.446 e. The monoisotopic (exact) mass is 1430 g/mol. The Morgan fingerprint density at radius 1 is 0.806 bits per heavy atom. The number of aromatic nitrogens is 3. The Morgan fingerprint density at radius 2 is 1.33 bits per heavy atom. The van der Waals surface area contributed by atoms with Gasteiger partial charge in [-0.15, -0.1) is 11.5 Å². The minimum absolute atomic E-state index is 0.0226. The maximum atomic E-state index is 13.8. The zero-order valence-electron chi connectivity index (χ0n) is 57.1. The average Bonchev–Trinajstić information content (AvgIpc) is 1.42. The number of carboxylic acid groups (broad SMARTS) is 1. The molecule has 4 amide bonds. The van der Waals surface area contributed by atoms with Crippen LogP contribution in [0.2, 0.25) is 0 Å². The fraction of sp³-hybridized carbons (Fsp3) is 0.500. The first-order valence-corrected chi connectivity index (χ1v) is 34.7. The second kappa shape index (κ2) is 42.7. The van der Waals surface area contributed by atoms with Crippen molar-refractivity contribution >= 4 is 84.7 Å². The number of terminal acetylenes is 1. The standard InChI is InChI=1S/C22H24FN5O.C11H17NO2.C10H17NO3.C8H8N4O3S.C5H9N2O4P.C5H11O4P.CH2O2/c23-19-10-5-4-7-16(19)13-17(24)14-22(29)27-12-6-11-21(27)20-15-28(26-25-20)18-8-2-1-3-9-18;1-5-9-7-6-8-12(9)10(13)14-11(2,3)4;1-10(2,3)14-9(13)11-6-4-5-8(11)7-12;1-6(13)10-7-2-4-8(5-3-7)16(14,15)12-11-9;1-4(8)5(7-6)12(9,10-2)11-3;1-5(6)4-10(7,8-2)9-3;2-1-3/h1-5,7-10,15,17,21H,6,11-14,24H2;1,9H,6-8H2,2-4H3;7-8H,4-6H2,1-3H3;2-5H,1H3,(H,10,13);1-3H3;4H2,1-3H3;1H,(H,2,3)/t17-,21+;9-;8-;;;;/m110..../s1. The van der Waals surface area contributed by atoms with E-state index in [9.17, 15) is 55.5 Å². The Labute approximate surface area is 569 Å². The molecule has 36 heteroatoms. The van der Waals surface area contributed by atoms with Crippen LogP contribution in [0.25, 0.3) is 21.7 Å². The van der Waals surface area contributed by atoms with Crippen LogP contribution in [0.4, 0.5) is 19.7 Å². The highest BCUT2D eigenvalue weighted by atomic mass is 32.2. The average molecular weight is 1430 g/mol. The highest BCUT2D eigenvalue weighted by Gasteiger charge is 2.42. The normalized spacial score (nSPS) is 15.7. The number of nitrogens with zero attached hydrogens (tertiary/aromatic N) is 11. The molecule has 0 spiro atoms. The van der Waals surface area contributed by atoms with Crippen molar-refractivity contribution in [1.29, 1.82) is 0 Å². The van der Waals surface area contributed by atoms with Gasteiger partial charge in [0.25, 0.3) is 16.5 Å². The molecule has 3 aliphatic heterocycles. The third-order valence-corrected chi connectivity index (χ3v) is 18.2. The molecule has 4 heterocycles. The zero-order valence-corrected chi connectivity index (χ0v) is 59.7. The van der Waals surface area contributed by atoms with E-state index in [0.717, 1.165) is 77.3 Å². The summed E-state index contributed by atoms with van der Waals surface area (Å²) in [6, 6.07) is 20.7. The Balaban J connectivity index is 0.000000609. The first-order chi connectivity index (χ1) is 45.9. The van der Waals surface area contributed by atoms with E-state index in [-0.39, 0.29) is 77.7 Å². The summed E-state index contributed by atoms with van der Waals surface area (Å²) >= 11 is 0. The van der Waals surface area contributed by atoms with Gasteiger partial charge in [-0.3, -0.25) is 38.3 Å². The van der Waals surface area contributed by atoms with Crippen molar-refractivity contribution < 1.29 is 97.8 Å². The molecule has 0 aliphatic carbocycles. The molecular weight excluding hydrogens is 1340 g/mol. The van der Waals surface area contributed by atoms with Crippen LogP contribution in [-0.2, 0) is 81.9 Å². The molecule has 32 nitrogen and oxygen atoms in total. The number of rotatable bonds is 18. The van der Waals surface area contributed by atoms with Crippen LogP contribution in [0.15, 0.2) is 94.5 Å². The first-order valence-electron chi connectivity index (χ1n) is 30.0. The number of para-hydroxylation sites is 1. The molecule has 0 radical (unpaired) electrons. The molecule has 3 aliphatic rings. The van der Waals surface area contributed by atoms with E-state index in [0.29, 0.717) is 37.3 Å². The van der Waals surface area contributed by atoms with Gasteiger partial charge in [0.15, 0.2) is 0 Å². The van der Waals surface area contributed by atoms with Crippen molar-refractivity contribution in [3.63, 3.8) is 0 Å². The van der Waals surface area contributed by atoms with E-state index in [1.807, 2.05) is 83.0 Å². The van der Waals surface area contributed by atoms with Gasteiger partial charge in [0, 0.05) is 89.5 Å². The number of halogens is 1. The van der Waals surface area contributed by atoms with Gasteiger partial charge in [0.2, 0.25) is 17.6 Å². The van der Waals surface area contributed by atoms with Gasteiger partial charge in [0.1, 0.15) is 40.9 Å². The fourth-order valence-corrected chi connectivity index (χ4v) is 11.5. The number of carbonyl (C=O) groups excluding carboxylic acids is 7. The number of nitrogens with two attached hydrogens (primary N) is 1. The lowest BCUT2D eigenvalue weighted by molar-refractivity contribution is -0.132. The van der Waals surface area contributed by atoms with Crippen molar-refractivity contribution in [3.05, 3.63) is 118 Å². The number of ether oxygens (including phenoxy) is 2. The van der Waals surface area contributed by atoms with Crippen LogP contribution in [-0.4, -0.2) is 185 Å². The van der Waals surface area contributed by atoms with E-state index in [2.05, 4.69) is 53.9 Å². The SMILES string of the molecule is C#C[C@@H]1CCCN1C(=O)OC(C)(C)C.CC(=O)Nc1ccc(S(=O)(=O)N=[N+]=[N-])cc1.CC(C)(C)OC(=O)N1CCC[C@H]1C=O.COP(=O)(CC(C)=O)OC.COP(=O)(OC)C(=[N+]=[N-])C(C)=O.N[C@@H](CC(=O)N1CCC[C@H]1c1cn(-c2ccccc2)nn1)Cc1ccccc1F.O=CO. The summed E-state index contributed by atoms with van der Waals surface area (Å²) in [5.74, 6) is 1.18. The molecule has 3 fully saturated rings. The van der Waals surface area contributed by atoms with Gasteiger partial charge >= 0.3 is 32.8 Å². The molecule has 538 valence electrons. The molecule has 4 atom stereocenters. The Hall–Kier alpha value is -8.85. The predicted octanol–water partition coefficient (Wildman–Crippen LogP) is 9.73. The number of nitrogens with one attached hydrogen (secondary N) is 1. The minimum Gasteiger partial charge on any atom is -0.483 e. The number of anilines is 1. The number of ketones is 2.